The van der Waals surface area contributed by atoms with E-state index in [1.165, 1.54) is 0 Å². The molecule has 2 aromatic heterocycles. The molecule has 8 aliphatic rings. The molecule has 12 bridgehead atoms. The monoisotopic (exact) mass is 1400 g/mol. The Labute approximate surface area is 566 Å². The van der Waals surface area contributed by atoms with Crippen LogP contribution in [0.15, 0.2) is 84.9 Å². The molecule has 97 heavy (non-hydrogen) atoms. The molecule has 8 aliphatic heterocycles. The number of nitrogens with zero attached hydrogens (tertiary/aromatic N) is 8. The predicted octanol–water partition coefficient (Wildman–Crippen LogP) is 10.5. The van der Waals surface area contributed by atoms with Gasteiger partial charge in [-0.25, -0.2) is 0 Å². The van der Waals surface area contributed by atoms with Crippen molar-refractivity contribution in [3.05, 3.63) is 117 Å². The first-order chi connectivity index (χ1) is 45.6. The van der Waals surface area contributed by atoms with E-state index in [0.717, 1.165) is 0 Å². The summed E-state index contributed by atoms with van der Waals surface area (Å²) >= 11 is 13.0. The van der Waals surface area contributed by atoms with E-state index >= 15 is 0 Å². The SMILES string of the molecule is CC1(C)CNC(=O)c2ccc(cc2)Nc2nc(nc(OCC(F)(F)F)n2)NCc2ccc(c(Cl)c2)OCCCN(C(=O)CCC(=O)OC(C)(C)C)C1.CC1(C)CNC(=O)c2ccc(cc2)Nc2nc(nc(OCC(F)(F)F)n2)NCc2ccc(c(Cl)c2)OCCCN(C(=O)CN)C1. The number of rotatable bonds is 8. The molecule has 4 amide bonds. The van der Waals surface area contributed by atoms with Crippen LogP contribution in [0.3, 0.4) is 0 Å². The average molecular weight is 1400 g/mol. The molecular formula is C64H77Cl2F6N15O10. The van der Waals surface area contributed by atoms with Gasteiger partial charge in [0.25, 0.3) is 11.8 Å². The third-order valence-corrected chi connectivity index (χ3v) is 14.4. The highest BCUT2D eigenvalue weighted by molar-refractivity contribution is 6.32. The van der Waals surface area contributed by atoms with Crippen molar-refractivity contribution < 1.29 is 74.0 Å². The molecule has 10 heterocycles. The van der Waals surface area contributed by atoms with Gasteiger partial charge < -0.3 is 71.1 Å². The Kier molecular flexibility index (Phi) is 26.1. The zero-order valence-corrected chi connectivity index (χ0v) is 55.9. The molecule has 25 nitrogen and oxygen atoms in total. The summed E-state index contributed by atoms with van der Waals surface area (Å²) in [5.41, 5.74) is 6.96. The van der Waals surface area contributed by atoms with Gasteiger partial charge in [0.1, 0.15) is 17.1 Å². The quantitative estimate of drug-likeness (QED) is 0.0550. The van der Waals surface area contributed by atoms with Gasteiger partial charge in [0.15, 0.2) is 13.2 Å². The molecule has 0 fully saturated rings. The van der Waals surface area contributed by atoms with Crippen LogP contribution in [0.25, 0.3) is 0 Å². The molecule has 8 N–H and O–H groups in total. The first-order valence-corrected chi connectivity index (χ1v) is 31.4. The van der Waals surface area contributed by atoms with Crippen molar-refractivity contribution in [1.29, 1.82) is 0 Å². The molecule has 6 aromatic rings. The van der Waals surface area contributed by atoms with Gasteiger partial charge in [0.05, 0.1) is 36.2 Å². The molecule has 33 heteroatoms. The Morgan fingerprint density at radius 1 is 0.567 bits per heavy atom. The number of hydrogen-bond donors (Lipinski definition) is 7. The first-order valence-electron chi connectivity index (χ1n) is 30.6. The maximum absolute atomic E-state index is 13.4. The first kappa shape index (κ1) is 75.2. The second-order valence-corrected chi connectivity index (χ2v) is 25.8. The molecule has 14 rings (SSSR count). The number of anilines is 6. The number of ether oxygens (including phenoxy) is 5. The van der Waals surface area contributed by atoms with Gasteiger partial charge in [-0.2, -0.15) is 56.2 Å². The zero-order valence-electron chi connectivity index (χ0n) is 54.4. The number of carbonyl (C=O) groups excluding carboxylic acids is 5. The number of nitrogens with two attached hydrogens (primary N) is 1. The maximum atomic E-state index is 13.4. The summed E-state index contributed by atoms with van der Waals surface area (Å²) in [6, 6.07) is 21.7. The summed E-state index contributed by atoms with van der Waals surface area (Å²) in [6.45, 7) is 12.3. The zero-order chi connectivity index (χ0) is 70.7. The van der Waals surface area contributed by atoms with Crippen molar-refractivity contribution >= 4 is 88.0 Å². The number of carbonyl (C=O) groups is 5. The van der Waals surface area contributed by atoms with E-state index in [9.17, 15) is 50.3 Å². The predicted molar refractivity (Wildman–Crippen MR) is 350 cm³/mol. The number of alkyl halides is 6. The lowest BCUT2D eigenvalue weighted by Gasteiger charge is -2.33. The minimum absolute atomic E-state index is 0.0357. The summed E-state index contributed by atoms with van der Waals surface area (Å²) in [7, 11) is 0. The van der Waals surface area contributed by atoms with E-state index in [1.54, 1.807) is 116 Å². The van der Waals surface area contributed by atoms with Crippen molar-refractivity contribution in [2.24, 2.45) is 16.6 Å². The Hall–Kier alpha value is -9.23. The Bertz CT molecular complexity index is 3680. The van der Waals surface area contributed by atoms with Crippen LogP contribution in [0.2, 0.25) is 10.0 Å². The van der Waals surface area contributed by atoms with Crippen LogP contribution in [0, 0.1) is 10.8 Å². The summed E-state index contributed by atoms with van der Waals surface area (Å²) in [4.78, 5) is 92.0. The Morgan fingerprint density at radius 2 is 0.969 bits per heavy atom. The van der Waals surface area contributed by atoms with E-state index in [-0.39, 0.29) is 113 Å². The molecule has 0 unspecified atom stereocenters. The van der Waals surface area contributed by atoms with Crippen molar-refractivity contribution in [1.82, 2.24) is 50.3 Å². The molecule has 0 atom stereocenters. The number of benzene rings is 4. The molecule has 0 saturated carbocycles. The van der Waals surface area contributed by atoms with Crippen LogP contribution in [-0.2, 0) is 32.2 Å². The fourth-order valence-electron chi connectivity index (χ4n) is 9.31. The van der Waals surface area contributed by atoms with Gasteiger partial charge in [0, 0.05) is 81.3 Å². The van der Waals surface area contributed by atoms with Crippen LogP contribution in [-0.4, -0.2) is 159 Å². The van der Waals surface area contributed by atoms with Crippen LogP contribution >= 0.6 is 23.2 Å². The summed E-state index contributed by atoms with van der Waals surface area (Å²) in [5, 5.41) is 18.2. The largest absolute Gasteiger partial charge is 0.492 e. The topological polar surface area (TPSA) is 314 Å². The van der Waals surface area contributed by atoms with E-state index in [2.05, 4.69) is 61.8 Å². The lowest BCUT2D eigenvalue weighted by atomic mass is 9.92. The number of halogens is 8. The minimum atomic E-state index is -4.61. The van der Waals surface area contributed by atoms with E-state index in [4.69, 9.17) is 52.6 Å². The van der Waals surface area contributed by atoms with Crippen molar-refractivity contribution in [2.75, 3.05) is 93.5 Å². The number of esters is 1. The molecular weight excluding hydrogens is 1320 g/mol. The summed E-state index contributed by atoms with van der Waals surface area (Å²) in [6.07, 6.45) is -8.36. The van der Waals surface area contributed by atoms with Crippen LogP contribution in [0.1, 0.15) is 106 Å². The van der Waals surface area contributed by atoms with Crippen LogP contribution < -0.4 is 56.6 Å². The van der Waals surface area contributed by atoms with Crippen molar-refractivity contribution in [2.45, 2.75) is 105 Å². The molecule has 524 valence electrons. The second kappa shape index (κ2) is 33.6. The van der Waals surface area contributed by atoms with Gasteiger partial charge in [-0.1, -0.05) is 63.0 Å². The fourth-order valence-corrected chi connectivity index (χ4v) is 9.83. The van der Waals surface area contributed by atoms with Crippen LogP contribution in [0.4, 0.5) is 61.5 Å². The van der Waals surface area contributed by atoms with Gasteiger partial charge in [-0.3, -0.25) is 24.0 Å². The second-order valence-electron chi connectivity index (χ2n) is 25.0. The third kappa shape index (κ3) is 26.0. The van der Waals surface area contributed by atoms with Gasteiger partial charge in [0.2, 0.25) is 35.6 Å². The fraction of sp³-hybridized carbons (Fsp3) is 0.453. The number of amides is 4. The van der Waals surface area contributed by atoms with Crippen LogP contribution in [0.5, 0.6) is 23.5 Å². The molecule has 0 spiro atoms. The molecule has 0 aliphatic carbocycles. The maximum Gasteiger partial charge on any atom is 0.422 e. The number of nitrogens with one attached hydrogen (secondary N) is 6. The van der Waals surface area contributed by atoms with E-state index in [1.807, 2.05) is 27.7 Å². The van der Waals surface area contributed by atoms with Gasteiger partial charge in [-0.15, -0.1) is 0 Å². The smallest absolute Gasteiger partial charge is 0.422 e. The van der Waals surface area contributed by atoms with Crippen molar-refractivity contribution in [3.8, 4) is 23.5 Å². The average Bonchev–Trinajstić information content (AvgIpc) is 0.878. The highest BCUT2D eigenvalue weighted by Crippen LogP contribution is 2.30. The van der Waals surface area contributed by atoms with E-state index < -0.39 is 60.0 Å². The molecule has 0 radical (unpaired) electrons. The highest BCUT2D eigenvalue weighted by Gasteiger charge is 2.32. The Morgan fingerprint density at radius 3 is 1.35 bits per heavy atom. The third-order valence-electron chi connectivity index (χ3n) is 13.9. The standard InChI is InChI=1S/C35H43ClF3N7O6.C29H34ClF3N8O4/c1-33(2,3)52-28(48)14-13-27(47)46-15-6-16-50-26-12-7-22(17-25(26)36)18-40-30-43-31(45-32(44-30)51-21-35(37,38)39)42-24-10-8-23(9-11-24)29(49)41-19-34(4,5)20-46;1-28(2)15-36-24(43)19-5-7-20(8-6-19)37-26-38-25(39-27(40-26)45-17-29(31,32)33)35-14-18-4-9-22(21(30)12-18)44-11-3-10-41(16-28)23(42)13-34/h7-12,17H,6,13-16,18-21H2,1-5H3,(H,41,49)(H2,40,42,43,44,45);4-9,12H,3,10-11,13-17,34H2,1-2H3,(H,36,43)(H2,35,37,38,39,40). The highest BCUT2D eigenvalue weighted by atomic mass is 35.5. The molecule has 0 saturated heterocycles. The summed E-state index contributed by atoms with van der Waals surface area (Å²) < 4.78 is 104. The lowest BCUT2D eigenvalue weighted by molar-refractivity contribution is -0.156. The summed E-state index contributed by atoms with van der Waals surface area (Å²) in [5.74, 6) is -1.05. The van der Waals surface area contributed by atoms with E-state index in [0.29, 0.717) is 87.6 Å². The number of aromatic nitrogens is 6. The Balaban J connectivity index is 0.000000276. The molecule has 4 aromatic carbocycles. The number of hydrogen-bond acceptors (Lipinski definition) is 21. The minimum Gasteiger partial charge on any atom is -0.492 e. The normalized spacial score (nSPS) is 15.9. The van der Waals surface area contributed by atoms with Gasteiger partial charge in [-0.05, 0) is 128 Å². The van der Waals surface area contributed by atoms with Gasteiger partial charge >= 0.3 is 30.3 Å². The van der Waals surface area contributed by atoms with Crippen molar-refractivity contribution in [3.63, 3.8) is 0 Å². The lowest BCUT2D eigenvalue weighted by Crippen LogP contribution is -2.46.